The number of alkyl carbamates (subject to hydrolysis) is 1. The summed E-state index contributed by atoms with van der Waals surface area (Å²) < 4.78 is 10.6. The number of para-hydroxylation sites is 2. The first-order valence-electron chi connectivity index (χ1n) is 12.7. The first-order valence-corrected chi connectivity index (χ1v) is 12.7. The summed E-state index contributed by atoms with van der Waals surface area (Å²) in [6.45, 7) is 5.47. The van der Waals surface area contributed by atoms with E-state index in [1.807, 2.05) is 54.7 Å². The van der Waals surface area contributed by atoms with Gasteiger partial charge in [0.05, 0.1) is 13.7 Å². The topological polar surface area (TPSA) is 117 Å². The van der Waals surface area contributed by atoms with E-state index in [-0.39, 0.29) is 18.9 Å². The number of nitrogens with zero attached hydrogens (tertiary/aromatic N) is 1. The van der Waals surface area contributed by atoms with Gasteiger partial charge in [-0.05, 0) is 44.0 Å². The van der Waals surface area contributed by atoms with Crippen LogP contribution in [0.4, 0.5) is 4.79 Å². The number of rotatable bonds is 5. The Morgan fingerprint density at radius 3 is 2.45 bits per heavy atom. The van der Waals surface area contributed by atoms with Gasteiger partial charge in [-0.2, -0.15) is 0 Å². The molecule has 9 nitrogen and oxygen atoms in total. The number of fused-ring (bicyclic) bond motifs is 4. The van der Waals surface area contributed by atoms with Crippen molar-refractivity contribution in [2.24, 2.45) is 0 Å². The zero-order chi connectivity index (χ0) is 27.0. The molecule has 0 aliphatic carbocycles. The maximum absolute atomic E-state index is 14.1. The highest BCUT2D eigenvalue weighted by Crippen LogP contribution is 2.31. The van der Waals surface area contributed by atoms with Crippen LogP contribution in [0.2, 0.25) is 0 Å². The predicted octanol–water partition coefficient (Wildman–Crippen LogP) is 4.21. The summed E-state index contributed by atoms with van der Waals surface area (Å²) in [5.41, 5.74) is 3.86. The van der Waals surface area contributed by atoms with Crippen LogP contribution >= 0.6 is 0 Å². The Morgan fingerprint density at radius 1 is 1.05 bits per heavy atom. The van der Waals surface area contributed by atoms with Crippen LogP contribution in [0, 0.1) is 0 Å². The summed E-state index contributed by atoms with van der Waals surface area (Å²) >= 11 is 0. The molecule has 2 atom stereocenters. The van der Waals surface area contributed by atoms with Gasteiger partial charge in [0.15, 0.2) is 0 Å². The second kappa shape index (κ2) is 9.89. The summed E-state index contributed by atoms with van der Waals surface area (Å²) in [5.74, 6) is -0.891. The maximum atomic E-state index is 14.1. The average Bonchev–Trinajstić information content (AvgIpc) is 3.46. The number of hydrogen-bond donors (Lipinski definition) is 3. The van der Waals surface area contributed by atoms with E-state index < -0.39 is 29.7 Å². The van der Waals surface area contributed by atoms with Crippen molar-refractivity contribution in [2.75, 3.05) is 7.11 Å². The van der Waals surface area contributed by atoms with Gasteiger partial charge in [0.2, 0.25) is 5.91 Å². The lowest BCUT2D eigenvalue weighted by atomic mass is 9.95. The van der Waals surface area contributed by atoms with E-state index in [1.165, 1.54) is 12.0 Å². The predicted molar refractivity (Wildman–Crippen MR) is 144 cm³/mol. The van der Waals surface area contributed by atoms with Crippen molar-refractivity contribution in [3.05, 3.63) is 71.5 Å². The van der Waals surface area contributed by atoms with Crippen LogP contribution in [0.25, 0.3) is 21.8 Å². The molecule has 38 heavy (non-hydrogen) atoms. The minimum atomic E-state index is -0.970. The maximum Gasteiger partial charge on any atom is 0.408 e. The van der Waals surface area contributed by atoms with Crippen molar-refractivity contribution >= 4 is 39.8 Å². The van der Waals surface area contributed by atoms with Gasteiger partial charge in [0.1, 0.15) is 17.7 Å². The van der Waals surface area contributed by atoms with E-state index in [1.54, 1.807) is 20.8 Å². The van der Waals surface area contributed by atoms with Crippen molar-refractivity contribution in [2.45, 2.75) is 57.8 Å². The third kappa shape index (κ3) is 4.96. The summed E-state index contributed by atoms with van der Waals surface area (Å²) in [6, 6.07) is 13.8. The lowest BCUT2D eigenvalue weighted by molar-refractivity contribution is -0.154. The largest absolute Gasteiger partial charge is 0.467 e. The molecule has 5 rings (SSSR count). The van der Waals surface area contributed by atoms with Gasteiger partial charge in [-0.1, -0.05) is 36.4 Å². The molecule has 1 unspecified atom stereocenters. The molecule has 0 spiro atoms. The highest BCUT2D eigenvalue weighted by atomic mass is 16.6. The van der Waals surface area contributed by atoms with Crippen LogP contribution in [-0.2, 0) is 38.4 Å². The molecule has 0 bridgehead atoms. The van der Waals surface area contributed by atoms with Crippen molar-refractivity contribution < 1.29 is 23.9 Å². The van der Waals surface area contributed by atoms with E-state index in [9.17, 15) is 14.4 Å². The Hall–Kier alpha value is -4.27. The SMILES string of the molecule is COC(=O)[C@@H]1Cc2c([nH]c3ccccc23)CN1C(=O)C(Cc1c[nH]c2ccccc12)NC(=O)OC(C)(C)C. The standard InChI is InChI=1S/C29H32N4O5/c1-29(2,3)38-28(36)32-23(13-17-15-30-21-11-7-5-9-18(17)21)26(34)33-16-24-20(14-25(33)27(35)37-4)19-10-6-8-12-22(19)31-24/h5-12,15,23,25,30-31H,13-14,16H2,1-4H3,(H,32,36)/t23?,25-/m0/s1. The lowest BCUT2D eigenvalue weighted by Crippen LogP contribution is -2.56. The second-order valence-electron chi connectivity index (χ2n) is 10.6. The van der Waals surface area contributed by atoms with Gasteiger partial charge in [0.25, 0.3) is 0 Å². The van der Waals surface area contributed by atoms with Gasteiger partial charge in [-0.3, -0.25) is 4.79 Å². The number of esters is 1. The molecule has 4 aromatic rings. The van der Waals surface area contributed by atoms with Crippen LogP contribution in [0.1, 0.15) is 37.6 Å². The molecule has 1 aliphatic rings. The molecule has 0 saturated heterocycles. The van der Waals surface area contributed by atoms with Crippen LogP contribution in [0.15, 0.2) is 54.7 Å². The second-order valence-corrected chi connectivity index (χ2v) is 10.6. The Kier molecular flexibility index (Phi) is 6.60. The van der Waals surface area contributed by atoms with Gasteiger partial charge < -0.3 is 29.7 Å². The summed E-state index contributed by atoms with van der Waals surface area (Å²) in [6.07, 6.45) is 1.66. The van der Waals surface area contributed by atoms with Crippen molar-refractivity contribution in [3.63, 3.8) is 0 Å². The third-order valence-electron chi connectivity index (χ3n) is 6.85. The quantitative estimate of drug-likeness (QED) is 0.344. The number of hydrogen-bond acceptors (Lipinski definition) is 5. The van der Waals surface area contributed by atoms with Crippen molar-refractivity contribution in [1.82, 2.24) is 20.2 Å². The highest BCUT2D eigenvalue weighted by molar-refractivity contribution is 5.93. The molecule has 2 aromatic heterocycles. The number of carbonyl (C=O) groups excluding carboxylic acids is 3. The third-order valence-corrected chi connectivity index (χ3v) is 6.85. The Balaban J connectivity index is 1.50. The van der Waals surface area contributed by atoms with Gasteiger partial charge in [0, 0.05) is 46.5 Å². The highest BCUT2D eigenvalue weighted by Gasteiger charge is 2.40. The van der Waals surface area contributed by atoms with E-state index in [0.29, 0.717) is 6.42 Å². The molecule has 2 amide bonds. The van der Waals surface area contributed by atoms with E-state index in [2.05, 4.69) is 15.3 Å². The normalized spacial score (nSPS) is 16.2. The Bertz CT molecular complexity index is 1510. The fourth-order valence-corrected chi connectivity index (χ4v) is 5.16. The van der Waals surface area contributed by atoms with Crippen molar-refractivity contribution in [3.8, 4) is 0 Å². The molecular weight excluding hydrogens is 484 g/mol. The molecule has 9 heteroatoms. The first kappa shape index (κ1) is 25.4. The molecule has 3 heterocycles. The molecule has 0 saturated carbocycles. The summed E-state index contributed by atoms with van der Waals surface area (Å²) in [7, 11) is 1.32. The Morgan fingerprint density at radius 2 is 1.74 bits per heavy atom. The monoisotopic (exact) mass is 516 g/mol. The fraction of sp³-hybridized carbons (Fsp3) is 0.345. The van der Waals surface area contributed by atoms with Crippen LogP contribution in [0.5, 0.6) is 0 Å². The van der Waals surface area contributed by atoms with Crippen LogP contribution in [0.3, 0.4) is 0 Å². The van der Waals surface area contributed by atoms with Crippen LogP contribution in [-0.4, -0.2) is 57.6 Å². The van der Waals surface area contributed by atoms with E-state index >= 15 is 0 Å². The minimum absolute atomic E-state index is 0.184. The van der Waals surface area contributed by atoms with Gasteiger partial charge in [-0.15, -0.1) is 0 Å². The number of benzene rings is 2. The number of methoxy groups -OCH3 is 1. The van der Waals surface area contributed by atoms with Gasteiger partial charge >= 0.3 is 12.1 Å². The first-order chi connectivity index (χ1) is 18.1. The number of aromatic amines is 2. The molecule has 3 N–H and O–H groups in total. The molecule has 1 aliphatic heterocycles. The number of nitrogens with one attached hydrogen (secondary N) is 3. The zero-order valence-corrected chi connectivity index (χ0v) is 22.0. The fourth-order valence-electron chi connectivity index (χ4n) is 5.16. The molecule has 2 aromatic carbocycles. The zero-order valence-electron chi connectivity index (χ0n) is 22.0. The molecular formula is C29H32N4O5. The molecule has 0 fully saturated rings. The summed E-state index contributed by atoms with van der Waals surface area (Å²) in [5, 5.41) is 4.75. The number of aromatic nitrogens is 2. The number of ether oxygens (including phenoxy) is 2. The average molecular weight is 517 g/mol. The Labute approximate surface area is 220 Å². The van der Waals surface area contributed by atoms with E-state index in [0.717, 1.165) is 38.6 Å². The van der Waals surface area contributed by atoms with Crippen LogP contribution < -0.4 is 5.32 Å². The molecule has 198 valence electrons. The molecule has 0 radical (unpaired) electrons. The smallest absolute Gasteiger partial charge is 0.408 e. The lowest BCUT2D eigenvalue weighted by Gasteiger charge is -2.36. The number of amides is 2. The summed E-state index contributed by atoms with van der Waals surface area (Å²) in [4.78, 5) is 48.0. The minimum Gasteiger partial charge on any atom is -0.467 e. The van der Waals surface area contributed by atoms with Crippen molar-refractivity contribution in [1.29, 1.82) is 0 Å². The van der Waals surface area contributed by atoms with E-state index in [4.69, 9.17) is 9.47 Å². The van der Waals surface area contributed by atoms with Gasteiger partial charge in [-0.25, -0.2) is 9.59 Å². The number of carbonyl (C=O) groups is 3. The number of H-pyrrole nitrogens is 2.